The van der Waals surface area contributed by atoms with Crippen molar-refractivity contribution in [1.82, 2.24) is 20.1 Å². The van der Waals surface area contributed by atoms with E-state index in [0.717, 1.165) is 6.42 Å². The van der Waals surface area contributed by atoms with Gasteiger partial charge in [-0.2, -0.15) is 0 Å². The minimum Gasteiger partial charge on any atom is -0.368 e. The third-order valence-corrected chi connectivity index (χ3v) is 2.34. The molecule has 0 saturated heterocycles. The van der Waals surface area contributed by atoms with Gasteiger partial charge >= 0.3 is 0 Å². The largest absolute Gasteiger partial charge is 0.368 e. The summed E-state index contributed by atoms with van der Waals surface area (Å²) in [5.41, 5.74) is 5.58. The number of nitrogen functional groups attached to an aromatic ring is 1. The van der Waals surface area contributed by atoms with Gasteiger partial charge in [0.15, 0.2) is 4.77 Å². The molecule has 0 saturated carbocycles. The van der Waals surface area contributed by atoms with Crippen LogP contribution in [0.1, 0.15) is 26.3 Å². The van der Waals surface area contributed by atoms with Crippen molar-refractivity contribution in [2.75, 3.05) is 12.3 Å². The van der Waals surface area contributed by atoms with Crippen molar-refractivity contribution in [3.8, 4) is 0 Å². The number of amides is 1. The lowest BCUT2D eigenvalue weighted by atomic mass is 10.3. The number of nitrogens with two attached hydrogens (primary N) is 1. The van der Waals surface area contributed by atoms with Crippen LogP contribution in [0.5, 0.6) is 0 Å². The maximum atomic E-state index is 11.6. The van der Waals surface area contributed by atoms with E-state index in [0.29, 0.717) is 11.3 Å². The first-order valence-corrected chi connectivity index (χ1v) is 5.18. The van der Waals surface area contributed by atoms with Gasteiger partial charge in [0.2, 0.25) is 11.9 Å². The Labute approximate surface area is 92.9 Å². The summed E-state index contributed by atoms with van der Waals surface area (Å²) in [4.78, 5) is 11.6. The Bertz CT molecular complexity index is 396. The first-order chi connectivity index (χ1) is 7.07. The molecule has 0 aliphatic rings. The zero-order chi connectivity index (χ0) is 11.4. The molecule has 0 aliphatic carbocycles. The summed E-state index contributed by atoms with van der Waals surface area (Å²) in [6, 6.07) is -0.442. The van der Waals surface area contributed by atoms with Gasteiger partial charge < -0.3 is 11.1 Å². The average Bonchev–Trinajstić information content (AvgIpc) is 2.54. The minimum absolute atomic E-state index is 0.110. The predicted octanol–water partition coefficient (Wildman–Crippen LogP) is 0.610. The van der Waals surface area contributed by atoms with E-state index in [-0.39, 0.29) is 11.9 Å². The molecular formula is C8H15N5OS. The standard InChI is InChI=1S/C8H15N5OS/c1-3-4-10-6(14)5(2)13-7(9)11-12-8(13)15/h5H,3-4H2,1-2H3,(H2,9,11)(H,10,14)(H,12,15). The number of rotatable bonds is 4. The second-order valence-corrected chi connectivity index (χ2v) is 3.61. The fourth-order valence-electron chi connectivity index (χ4n) is 1.20. The number of hydrogen-bond donors (Lipinski definition) is 3. The number of carbonyl (C=O) groups excluding carboxylic acids is 1. The summed E-state index contributed by atoms with van der Waals surface area (Å²) in [6.45, 7) is 4.36. The molecule has 0 bridgehead atoms. The topological polar surface area (TPSA) is 88.7 Å². The Balaban J connectivity index is 2.80. The van der Waals surface area contributed by atoms with Gasteiger partial charge in [-0.3, -0.25) is 9.36 Å². The molecule has 0 fully saturated rings. The molecule has 0 aromatic carbocycles. The van der Waals surface area contributed by atoms with Gasteiger partial charge in [-0.15, -0.1) is 5.10 Å². The van der Waals surface area contributed by atoms with Crippen molar-refractivity contribution >= 4 is 24.1 Å². The Kier molecular flexibility index (Phi) is 3.84. The zero-order valence-corrected chi connectivity index (χ0v) is 9.60. The fraction of sp³-hybridized carbons (Fsp3) is 0.625. The number of H-pyrrole nitrogens is 1. The molecule has 1 rings (SSSR count). The summed E-state index contributed by atoms with van der Waals surface area (Å²) in [5, 5.41) is 9.05. The smallest absolute Gasteiger partial charge is 0.243 e. The number of aromatic amines is 1. The number of nitrogens with one attached hydrogen (secondary N) is 2. The second kappa shape index (κ2) is 4.92. The van der Waals surface area contributed by atoms with Crippen LogP contribution in [0.15, 0.2) is 0 Å². The molecule has 84 valence electrons. The van der Waals surface area contributed by atoms with Gasteiger partial charge in [-0.1, -0.05) is 6.92 Å². The highest BCUT2D eigenvalue weighted by atomic mass is 32.1. The third-order valence-electron chi connectivity index (χ3n) is 2.05. The molecule has 1 amide bonds. The highest BCUT2D eigenvalue weighted by Crippen LogP contribution is 2.10. The summed E-state index contributed by atoms with van der Waals surface area (Å²) in [5.74, 6) is 0.111. The van der Waals surface area contributed by atoms with Crippen LogP contribution in [0.25, 0.3) is 0 Å². The molecular weight excluding hydrogens is 214 g/mol. The van der Waals surface area contributed by atoms with Gasteiger partial charge in [-0.05, 0) is 25.6 Å². The number of carbonyl (C=O) groups is 1. The van der Waals surface area contributed by atoms with E-state index in [2.05, 4.69) is 15.5 Å². The van der Waals surface area contributed by atoms with Crippen LogP contribution >= 0.6 is 12.2 Å². The average molecular weight is 229 g/mol. The van der Waals surface area contributed by atoms with E-state index in [4.69, 9.17) is 18.0 Å². The van der Waals surface area contributed by atoms with Crippen LogP contribution in [0.2, 0.25) is 0 Å². The first kappa shape index (κ1) is 11.7. The van der Waals surface area contributed by atoms with E-state index in [9.17, 15) is 4.79 Å². The van der Waals surface area contributed by atoms with Gasteiger partial charge in [0.25, 0.3) is 0 Å². The number of anilines is 1. The molecule has 1 unspecified atom stereocenters. The molecule has 0 radical (unpaired) electrons. The third kappa shape index (κ3) is 2.56. The number of aromatic nitrogens is 3. The van der Waals surface area contributed by atoms with E-state index in [1.165, 1.54) is 4.57 Å². The van der Waals surface area contributed by atoms with Crippen molar-refractivity contribution in [2.45, 2.75) is 26.3 Å². The summed E-state index contributed by atoms with van der Waals surface area (Å²) < 4.78 is 1.84. The molecule has 1 atom stereocenters. The molecule has 4 N–H and O–H groups in total. The van der Waals surface area contributed by atoms with Crippen LogP contribution in [-0.4, -0.2) is 27.2 Å². The molecule has 0 aliphatic heterocycles. The highest BCUT2D eigenvalue weighted by Gasteiger charge is 2.17. The van der Waals surface area contributed by atoms with Gasteiger partial charge in [-0.25, -0.2) is 5.10 Å². The van der Waals surface area contributed by atoms with Crippen molar-refractivity contribution in [3.63, 3.8) is 0 Å². The lowest BCUT2D eigenvalue weighted by Gasteiger charge is -2.13. The highest BCUT2D eigenvalue weighted by molar-refractivity contribution is 7.71. The van der Waals surface area contributed by atoms with E-state index in [1.807, 2.05) is 6.92 Å². The summed E-state index contributed by atoms with van der Waals surface area (Å²) in [7, 11) is 0. The van der Waals surface area contributed by atoms with Crippen molar-refractivity contribution in [1.29, 1.82) is 0 Å². The number of nitrogens with zero attached hydrogens (tertiary/aromatic N) is 2. The first-order valence-electron chi connectivity index (χ1n) is 4.78. The second-order valence-electron chi connectivity index (χ2n) is 3.22. The Morgan fingerprint density at radius 3 is 2.93 bits per heavy atom. The van der Waals surface area contributed by atoms with Crippen LogP contribution < -0.4 is 11.1 Å². The lowest BCUT2D eigenvalue weighted by molar-refractivity contribution is -0.123. The van der Waals surface area contributed by atoms with Crippen LogP contribution in [-0.2, 0) is 4.79 Å². The van der Waals surface area contributed by atoms with Gasteiger partial charge in [0.1, 0.15) is 6.04 Å². The molecule has 6 nitrogen and oxygen atoms in total. The lowest BCUT2D eigenvalue weighted by Crippen LogP contribution is -2.32. The predicted molar refractivity (Wildman–Crippen MR) is 59.8 cm³/mol. The summed E-state index contributed by atoms with van der Waals surface area (Å²) >= 11 is 4.97. The van der Waals surface area contributed by atoms with Gasteiger partial charge in [0, 0.05) is 6.54 Å². The van der Waals surface area contributed by atoms with E-state index < -0.39 is 6.04 Å². The molecule has 1 aromatic rings. The molecule has 0 spiro atoms. The normalized spacial score (nSPS) is 12.4. The molecule has 15 heavy (non-hydrogen) atoms. The van der Waals surface area contributed by atoms with Crippen molar-refractivity contribution < 1.29 is 4.79 Å². The molecule has 1 aromatic heterocycles. The Morgan fingerprint density at radius 1 is 1.80 bits per heavy atom. The monoisotopic (exact) mass is 229 g/mol. The molecule has 1 heterocycles. The van der Waals surface area contributed by atoms with Crippen LogP contribution in [0.3, 0.4) is 0 Å². The van der Waals surface area contributed by atoms with Crippen LogP contribution in [0.4, 0.5) is 5.95 Å². The quantitative estimate of drug-likeness (QED) is 0.660. The SMILES string of the molecule is CCCNC(=O)C(C)n1c(N)n[nH]c1=S. The Morgan fingerprint density at radius 2 is 2.47 bits per heavy atom. The van der Waals surface area contributed by atoms with E-state index >= 15 is 0 Å². The summed E-state index contributed by atoms with van der Waals surface area (Å²) in [6.07, 6.45) is 0.894. The zero-order valence-electron chi connectivity index (χ0n) is 8.78. The fourth-order valence-corrected chi connectivity index (χ4v) is 1.50. The minimum atomic E-state index is -0.442. The van der Waals surface area contributed by atoms with Crippen LogP contribution in [0, 0.1) is 4.77 Å². The van der Waals surface area contributed by atoms with Gasteiger partial charge in [0.05, 0.1) is 0 Å². The molecule has 7 heteroatoms. The van der Waals surface area contributed by atoms with E-state index in [1.54, 1.807) is 6.92 Å². The maximum Gasteiger partial charge on any atom is 0.243 e. The maximum absolute atomic E-state index is 11.6. The Hall–Kier alpha value is -1.37. The van der Waals surface area contributed by atoms with Crippen molar-refractivity contribution in [2.24, 2.45) is 0 Å². The number of hydrogen-bond acceptors (Lipinski definition) is 4. The van der Waals surface area contributed by atoms with Crippen molar-refractivity contribution in [3.05, 3.63) is 4.77 Å².